The van der Waals surface area contributed by atoms with Crippen LogP contribution in [0.25, 0.3) is 0 Å². The van der Waals surface area contributed by atoms with Crippen LogP contribution >= 0.6 is 15.9 Å². The molecule has 0 aliphatic carbocycles. The average Bonchev–Trinajstić information content (AvgIpc) is 2.79. The molecule has 120 valence electrons. The van der Waals surface area contributed by atoms with Crippen molar-refractivity contribution < 1.29 is 9.59 Å². The van der Waals surface area contributed by atoms with Gasteiger partial charge in [-0.25, -0.2) is 4.79 Å². The topological polar surface area (TPSA) is 61.4 Å². The van der Waals surface area contributed by atoms with Gasteiger partial charge in [-0.2, -0.15) is 0 Å². The van der Waals surface area contributed by atoms with E-state index < -0.39 is 0 Å². The van der Waals surface area contributed by atoms with Crippen molar-refractivity contribution in [3.05, 3.63) is 34.3 Å². The highest BCUT2D eigenvalue weighted by Crippen LogP contribution is 2.21. The standard InChI is InChI=1S/C16H22BrN3O2/c1-16(2,3)20-10-13(8-14(20)21)19-15(22)18-9-11-4-6-12(17)7-5-11/h4-7,13H,8-10H2,1-3H3,(H2,18,19,22). The van der Waals surface area contributed by atoms with E-state index in [2.05, 4.69) is 26.6 Å². The lowest BCUT2D eigenvalue weighted by molar-refractivity contribution is -0.131. The maximum atomic E-state index is 12.0. The van der Waals surface area contributed by atoms with Crippen molar-refractivity contribution in [2.45, 2.75) is 45.3 Å². The van der Waals surface area contributed by atoms with Gasteiger partial charge in [0.2, 0.25) is 5.91 Å². The fourth-order valence-electron chi connectivity index (χ4n) is 2.47. The molecule has 2 N–H and O–H groups in total. The molecule has 0 saturated carbocycles. The van der Waals surface area contributed by atoms with Crippen molar-refractivity contribution in [3.8, 4) is 0 Å². The molecule has 1 aromatic rings. The van der Waals surface area contributed by atoms with E-state index in [9.17, 15) is 9.59 Å². The van der Waals surface area contributed by atoms with Crippen LogP contribution in [0.5, 0.6) is 0 Å². The van der Waals surface area contributed by atoms with E-state index in [1.165, 1.54) is 0 Å². The van der Waals surface area contributed by atoms with E-state index in [1.54, 1.807) is 0 Å². The Morgan fingerprint density at radius 1 is 1.32 bits per heavy atom. The highest BCUT2D eigenvalue weighted by Gasteiger charge is 2.36. The van der Waals surface area contributed by atoms with Crippen LogP contribution in [-0.2, 0) is 11.3 Å². The molecule has 1 atom stereocenters. The van der Waals surface area contributed by atoms with Crippen molar-refractivity contribution >= 4 is 27.9 Å². The fraction of sp³-hybridized carbons (Fsp3) is 0.500. The SMILES string of the molecule is CC(C)(C)N1CC(NC(=O)NCc2ccc(Br)cc2)CC1=O. The maximum Gasteiger partial charge on any atom is 0.315 e. The highest BCUT2D eigenvalue weighted by atomic mass is 79.9. The Bertz CT molecular complexity index is 552. The van der Waals surface area contributed by atoms with Crippen molar-refractivity contribution in [3.63, 3.8) is 0 Å². The van der Waals surface area contributed by atoms with Gasteiger partial charge >= 0.3 is 6.03 Å². The minimum Gasteiger partial charge on any atom is -0.336 e. The van der Waals surface area contributed by atoms with E-state index in [4.69, 9.17) is 0 Å². The molecule has 22 heavy (non-hydrogen) atoms. The predicted octanol–water partition coefficient (Wildman–Crippen LogP) is 2.65. The number of halogens is 1. The van der Waals surface area contributed by atoms with Gasteiger partial charge in [0.15, 0.2) is 0 Å². The summed E-state index contributed by atoms with van der Waals surface area (Å²) in [7, 11) is 0. The summed E-state index contributed by atoms with van der Waals surface area (Å²) in [4.78, 5) is 25.7. The molecule has 1 unspecified atom stereocenters. The first-order valence-corrected chi connectivity index (χ1v) is 8.14. The van der Waals surface area contributed by atoms with Gasteiger partial charge in [-0.05, 0) is 38.5 Å². The molecule has 2 rings (SSSR count). The summed E-state index contributed by atoms with van der Waals surface area (Å²) in [5.41, 5.74) is 0.818. The van der Waals surface area contributed by atoms with Crippen LogP contribution < -0.4 is 10.6 Å². The number of hydrogen-bond donors (Lipinski definition) is 2. The largest absolute Gasteiger partial charge is 0.336 e. The Morgan fingerprint density at radius 2 is 1.95 bits per heavy atom. The maximum absolute atomic E-state index is 12.0. The molecule has 3 amide bonds. The summed E-state index contributed by atoms with van der Waals surface area (Å²) in [5.74, 6) is 0.0886. The second kappa shape index (κ2) is 6.69. The second-order valence-electron chi connectivity index (χ2n) is 6.53. The summed E-state index contributed by atoms with van der Waals surface area (Å²) < 4.78 is 1.01. The number of urea groups is 1. The van der Waals surface area contributed by atoms with Crippen LogP contribution in [0.2, 0.25) is 0 Å². The van der Waals surface area contributed by atoms with Crippen LogP contribution in [0.3, 0.4) is 0 Å². The first-order valence-electron chi connectivity index (χ1n) is 7.35. The number of hydrogen-bond acceptors (Lipinski definition) is 2. The van der Waals surface area contributed by atoms with Crippen LogP contribution in [0.4, 0.5) is 4.79 Å². The lowest BCUT2D eigenvalue weighted by Crippen LogP contribution is -2.46. The van der Waals surface area contributed by atoms with Gasteiger partial charge in [0, 0.05) is 29.5 Å². The Morgan fingerprint density at radius 3 is 2.50 bits per heavy atom. The third-order valence-electron chi connectivity index (χ3n) is 3.64. The van der Waals surface area contributed by atoms with E-state index >= 15 is 0 Å². The zero-order valence-electron chi connectivity index (χ0n) is 13.1. The Balaban J connectivity index is 1.80. The van der Waals surface area contributed by atoms with Crippen LogP contribution in [0.1, 0.15) is 32.8 Å². The van der Waals surface area contributed by atoms with E-state index in [0.29, 0.717) is 19.5 Å². The molecule has 5 nitrogen and oxygen atoms in total. The van der Waals surface area contributed by atoms with Gasteiger partial charge in [0.1, 0.15) is 0 Å². The normalized spacial score (nSPS) is 18.5. The van der Waals surface area contributed by atoms with Crippen LogP contribution in [-0.4, -0.2) is 35.0 Å². The molecule has 0 aromatic heterocycles. The molecular formula is C16H22BrN3O2. The minimum absolute atomic E-state index is 0.0886. The molecule has 0 radical (unpaired) electrons. The van der Waals surface area contributed by atoms with Gasteiger partial charge in [-0.15, -0.1) is 0 Å². The number of rotatable bonds is 3. The van der Waals surface area contributed by atoms with Crippen molar-refractivity contribution in [1.82, 2.24) is 15.5 Å². The molecule has 1 aliphatic heterocycles. The van der Waals surface area contributed by atoms with Crippen LogP contribution in [0.15, 0.2) is 28.7 Å². The molecule has 1 aliphatic rings. The molecular weight excluding hydrogens is 346 g/mol. The number of benzene rings is 1. The average molecular weight is 368 g/mol. The molecule has 1 saturated heterocycles. The quantitative estimate of drug-likeness (QED) is 0.862. The predicted molar refractivity (Wildman–Crippen MR) is 89.4 cm³/mol. The lowest BCUT2D eigenvalue weighted by Gasteiger charge is -2.32. The van der Waals surface area contributed by atoms with Gasteiger partial charge in [-0.3, -0.25) is 4.79 Å². The smallest absolute Gasteiger partial charge is 0.315 e. The van der Waals surface area contributed by atoms with E-state index in [-0.39, 0.29) is 23.5 Å². The molecule has 1 heterocycles. The van der Waals surface area contributed by atoms with Crippen molar-refractivity contribution in [2.24, 2.45) is 0 Å². The molecule has 1 aromatic carbocycles. The van der Waals surface area contributed by atoms with E-state index in [0.717, 1.165) is 10.0 Å². The number of likely N-dealkylation sites (tertiary alicyclic amines) is 1. The highest BCUT2D eigenvalue weighted by molar-refractivity contribution is 9.10. The third-order valence-corrected chi connectivity index (χ3v) is 4.16. The van der Waals surface area contributed by atoms with Crippen molar-refractivity contribution in [1.29, 1.82) is 0 Å². The van der Waals surface area contributed by atoms with E-state index in [1.807, 2.05) is 49.9 Å². The Hall–Kier alpha value is -1.56. The summed E-state index contributed by atoms with van der Waals surface area (Å²) in [6.07, 6.45) is 0.364. The monoisotopic (exact) mass is 367 g/mol. The van der Waals surface area contributed by atoms with Gasteiger partial charge in [0.25, 0.3) is 0 Å². The zero-order valence-corrected chi connectivity index (χ0v) is 14.7. The van der Waals surface area contributed by atoms with Gasteiger partial charge in [-0.1, -0.05) is 28.1 Å². The summed E-state index contributed by atoms with van der Waals surface area (Å²) >= 11 is 3.37. The molecule has 1 fully saturated rings. The van der Waals surface area contributed by atoms with Crippen LogP contribution in [0, 0.1) is 0 Å². The third kappa shape index (κ3) is 4.47. The minimum atomic E-state index is -0.239. The number of carbonyl (C=O) groups excluding carboxylic acids is 2. The Kier molecular flexibility index (Phi) is 5.11. The number of amides is 3. The first kappa shape index (κ1) is 16.8. The lowest BCUT2D eigenvalue weighted by atomic mass is 10.1. The zero-order chi connectivity index (χ0) is 16.3. The first-order chi connectivity index (χ1) is 10.3. The Labute approximate surface area is 139 Å². The fourth-order valence-corrected chi connectivity index (χ4v) is 2.74. The molecule has 6 heteroatoms. The molecule has 0 bridgehead atoms. The second-order valence-corrected chi connectivity index (χ2v) is 7.45. The summed E-state index contributed by atoms with van der Waals surface area (Å²) in [5, 5.41) is 5.69. The van der Waals surface area contributed by atoms with Crippen molar-refractivity contribution in [2.75, 3.05) is 6.54 Å². The van der Waals surface area contributed by atoms with Gasteiger partial charge in [0.05, 0.1) is 6.04 Å². The summed E-state index contributed by atoms with van der Waals surface area (Å²) in [6.45, 7) is 7.03. The number of carbonyl (C=O) groups is 2. The summed E-state index contributed by atoms with van der Waals surface area (Å²) in [6, 6.07) is 7.40. The number of nitrogens with one attached hydrogen (secondary N) is 2. The number of nitrogens with zero attached hydrogens (tertiary/aromatic N) is 1. The molecule has 0 spiro atoms. The van der Waals surface area contributed by atoms with Gasteiger partial charge < -0.3 is 15.5 Å².